The molecule has 0 spiro atoms. The number of aliphatic hydroxyl groups is 1. The quantitative estimate of drug-likeness (QED) is 0.881. The van der Waals surface area contributed by atoms with E-state index in [4.69, 9.17) is 0 Å². The molecule has 1 aliphatic heterocycles. The van der Waals surface area contributed by atoms with Gasteiger partial charge in [-0.25, -0.2) is 8.42 Å². The van der Waals surface area contributed by atoms with Gasteiger partial charge in [0.05, 0.1) is 23.7 Å². The van der Waals surface area contributed by atoms with E-state index in [-0.39, 0.29) is 5.75 Å². The van der Waals surface area contributed by atoms with Crippen LogP contribution in [0, 0.1) is 0 Å². The number of aliphatic hydroxyl groups excluding tert-OH is 1. The van der Waals surface area contributed by atoms with Crippen LogP contribution in [0.15, 0.2) is 36.4 Å². The summed E-state index contributed by atoms with van der Waals surface area (Å²) in [5, 5.41) is 14.4. The third-order valence-corrected chi connectivity index (χ3v) is 4.87. The fraction of sp³-hybridized carbons (Fsp3) is 0.438. The molecule has 0 radical (unpaired) electrons. The van der Waals surface area contributed by atoms with E-state index in [1.165, 1.54) is 5.56 Å². The minimum Gasteiger partial charge on any atom is -0.386 e. The van der Waals surface area contributed by atoms with Crippen LogP contribution in [0.5, 0.6) is 0 Å². The molecule has 2 heterocycles. The van der Waals surface area contributed by atoms with E-state index in [1.807, 2.05) is 28.9 Å². The molecular formula is C16H21N3O3S. The molecule has 0 unspecified atom stereocenters. The number of fused-ring (bicyclic) bond motifs is 1. The summed E-state index contributed by atoms with van der Waals surface area (Å²) in [6, 6.07) is 12.1. The second-order valence-corrected chi connectivity index (χ2v) is 8.27. The first-order valence-corrected chi connectivity index (χ1v) is 9.65. The fourth-order valence-electron chi connectivity index (χ4n) is 2.85. The predicted molar refractivity (Wildman–Crippen MR) is 87.5 cm³/mol. The standard InChI is InChI=1S/C16H21N3O3S/c1-23(21,22)12-16(20)15-9-14-11-18(7-8-19(14)17-15)10-13-5-3-2-4-6-13/h2-6,9,16,20H,7-8,10-12H2,1H3/t16-/m0/s1. The Morgan fingerprint density at radius 2 is 2.00 bits per heavy atom. The van der Waals surface area contributed by atoms with Gasteiger partial charge in [-0.1, -0.05) is 30.3 Å². The number of benzene rings is 1. The molecule has 0 aliphatic carbocycles. The minimum absolute atomic E-state index is 0.294. The van der Waals surface area contributed by atoms with Crippen molar-refractivity contribution in [3.63, 3.8) is 0 Å². The Labute approximate surface area is 136 Å². The van der Waals surface area contributed by atoms with Crippen molar-refractivity contribution in [3.05, 3.63) is 53.3 Å². The van der Waals surface area contributed by atoms with Crippen molar-refractivity contribution in [2.45, 2.75) is 25.7 Å². The van der Waals surface area contributed by atoms with Gasteiger partial charge in [-0.15, -0.1) is 0 Å². The van der Waals surface area contributed by atoms with Crippen molar-refractivity contribution in [1.29, 1.82) is 0 Å². The Kier molecular flexibility index (Phi) is 4.52. The van der Waals surface area contributed by atoms with Gasteiger partial charge in [0.2, 0.25) is 0 Å². The van der Waals surface area contributed by atoms with Crippen LogP contribution in [0.2, 0.25) is 0 Å². The van der Waals surface area contributed by atoms with Crippen LogP contribution in [0.25, 0.3) is 0 Å². The zero-order valence-electron chi connectivity index (χ0n) is 13.1. The van der Waals surface area contributed by atoms with Crippen LogP contribution in [-0.4, -0.2) is 46.8 Å². The number of hydrogen-bond acceptors (Lipinski definition) is 5. The zero-order valence-corrected chi connectivity index (χ0v) is 13.9. The largest absolute Gasteiger partial charge is 0.386 e. The van der Waals surface area contributed by atoms with Crippen LogP contribution >= 0.6 is 0 Å². The number of nitrogens with zero attached hydrogens (tertiary/aromatic N) is 3. The monoisotopic (exact) mass is 335 g/mol. The summed E-state index contributed by atoms with van der Waals surface area (Å²) in [7, 11) is -3.23. The second kappa shape index (κ2) is 6.43. The molecule has 0 saturated carbocycles. The molecule has 124 valence electrons. The smallest absolute Gasteiger partial charge is 0.150 e. The molecule has 0 saturated heterocycles. The van der Waals surface area contributed by atoms with Gasteiger partial charge in [0.1, 0.15) is 15.9 Å². The first kappa shape index (κ1) is 16.2. The summed E-state index contributed by atoms with van der Waals surface area (Å²) in [4.78, 5) is 2.32. The molecule has 0 bridgehead atoms. The van der Waals surface area contributed by atoms with Crippen LogP contribution in [0.1, 0.15) is 23.1 Å². The van der Waals surface area contributed by atoms with E-state index >= 15 is 0 Å². The summed E-state index contributed by atoms with van der Waals surface area (Å²) < 4.78 is 24.5. The number of aromatic nitrogens is 2. The SMILES string of the molecule is CS(=O)(=O)C[C@H](O)c1cc2n(n1)CCN(Cc1ccccc1)C2. The first-order chi connectivity index (χ1) is 10.9. The average molecular weight is 335 g/mol. The molecule has 6 nitrogen and oxygen atoms in total. The highest BCUT2D eigenvalue weighted by molar-refractivity contribution is 7.90. The maximum Gasteiger partial charge on any atom is 0.150 e. The third-order valence-electron chi connectivity index (χ3n) is 3.95. The van der Waals surface area contributed by atoms with Gasteiger partial charge >= 0.3 is 0 Å². The predicted octanol–water partition coefficient (Wildman–Crippen LogP) is 0.977. The van der Waals surface area contributed by atoms with E-state index in [0.29, 0.717) is 5.69 Å². The fourth-order valence-corrected chi connectivity index (χ4v) is 3.60. The highest BCUT2D eigenvalue weighted by atomic mass is 32.2. The Balaban J connectivity index is 1.69. The van der Waals surface area contributed by atoms with E-state index < -0.39 is 15.9 Å². The van der Waals surface area contributed by atoms with Gasteiger partial charge in [-0.3, -0.25) is 9.58 Å². The van der Waals surface area contributed by atoms with Gasteiger partial charge in [-0.2, -0.15) is 5.10 Å². The highest BCUT2D eigenvalue weighted by Gasteiger charge is 2.23. The normalized spacial score (nSPS) is 17.0. The van der Waals surface area contributed by atoms with Gasteiger partial charge in [-0.05, 0) is 11.6 Å². The molecule has 0 fully saturated rings. The Bertz CT molecular complexity index is 771. The molecule has 23 heavy (non-hydrogen) atoms. The van der Waals surface area contributed by atoms with Crippen molar-refractivity contribution < 1.29 is 13.5 Å². The minimum atomic E-state index is -3.23. The van der Waals surface area contributed by atoms with Crippen molar-refractivity contribution >= 4 is 9.84 Å². The lowest BCUT2D eigenvalue weighted by atomic mass is 10.2. The van der Waals surface area contributed by atoms with Gasteiger partial charge < -0.3 is 5.11 Å². The maximum atomic E-state index is 11.3. The molecule has 1 aromatic carbocycles. The number of sulfone groups is 1. The molecule has 1 N–H and O–H groups in total. The van der Waals surface area contributed by atoms with Crippen LogP contribution in [0.3, 0.4) is 0 Å². The topological polar surface area (TPSA) is 75.4 Å². The van der Waals surface area contributed by atoms with Gasteiger partial charge in [0, 0.05) is 25.9 Å². The number of rotatable bonds is 5. The van der Waals surface area contributed by atoms with Crippen LogP contribution in [-0.2, 0) is 29.5 Å². The first-order valence-electron chi connectivity index (χ1n) is 7.59. The van der Waals surface area contributed by atoms with E-state index in [0.717, 1.165) is 38.1 Å². The molecule has 2 aromatic rings. The summed E-state index contributed by atoms with van der Waals surface area (Å²) >= 11 is 0. The molecule has 7 heteroatoms. The van der Waals surface area contributed by atoms with Crippen molar-refractivity contribution in [3.8, 4) is 0 Å². The van der Waals surface area contributed by atoms with Gasteiger partial charge in [0.25, 0.3) is 0 Å². The third kappa shape index (κ3) is 4.19. The van der Waals surface area contributed by atoms with E-state index in [1.54, 1.807) is 0 Å². The Hall–Kier alpha value is -1.70. The molecule has 1 aromatic heterocycles. The molecule has 1 atom stereocenters. The lowest BCUT2D eigenvalue weighted by Gasteiger charge is -2.27. The van der Waals surface area contributed by atoms with Crippen LogP contribution < -0.4 is 0 Å². The molecule has 1 aliphatic rings. The lowest BCUT2D eigenvalue weighted by Crippen LogP contribution is -2.33. The molecule has 0 amide bonds. The van der Waals surface area contributed by atoms with Crippen molar-refractivity contribution in [2.24, 2.45) is 0 Å². The molecule has 3 rings (SSSR count). The molecular weight excluding hydrogens is 314 g/mol. The summed E-state index contributed by atoms with van der Waals surface area (Å²) in [5.41, 5.74) is 2.71. The highest BCUT2D eigenvalue weighted by Crippen LogP contribution is 2.20. The van der Waals surface area contributed by atoms with E-state index in [9.17, 15) is 13.5 Å². The average Bonchev–Trinajstić information content (AvgIpc) is 2.90. The zero-order chi connectivity index (χ0) is 16.4. The summed E-state index contributed by atoms with van der Waals surface area (Å²) in [5.74, 6) is -0.294. The van der Waals surface area contributed by atoms with Crippen molar-refractivity contribution in [2.75, 3.05) is 18.6 Å². The van der Waals surface area contributed by atoms with Gasteiger partial charge in [0.15, 0.2) is 0 Å². The van der Waals surface area contributed by atoms with Crippen molar-refractivity contribution in [1.82, 2.24) is 14.7 Å². The second-order valence-electron chi connectivity index (χ2n) is 6.09. The number of hydrogen-bond donors (Lipinski definition) is 1. The lowest BCUT2D eigenvalue weighted by molar-refractivity contribution is 0.191. The Morgan fingerprint density at radius 1 is 1.26 bits per heavy atom. The van der Waals surface area contributed by atoms with E-state index in [2.05, 4.69) is 22.1 Å². The maximum absolute atomic E-state index is 11.3. The summed E-state index contributed by atoms with van der Waals surface area (Å²) in [6.07, 6.45) is 0.0547. The Morgan fingerprint density at radius 3 is 2.70 bits per heavy atom. The summed E-state index contributed by atoms with van der Waals surface area (Å²) in [6.45, 7) is 3.24. The van der Waals surface area contributed by atoms with Crippen LogP contribution in [0.4, 0.5) is 0 Å².